The molecule has 0 radical (unpaired) electrons. The van der Waals surface area contributed by atoms with Crippen LogP contribution in [0.5, 0.6) is 0 Å². The lowest BCUT2D eigenvalue weighted by Crippen LogP contribution is -2.35. The van der Waals surface area contributed by atoms with Crippen molar-refractivity contribution in [3.63, 3.8) is 0 Å². The van der Waals surface area contributed by atoms with Crippen LogP contribution in [0.2, 0.25) is 0 Å². The van der Waals surface area contributed by atoms with Gasteiger partial charge >= 0.3 is 0 Å². The summed E-state index contributed by atoms with van der Waals surface area (Å²) < 4.78 is 26.6. The summed E-state index contributed by atoms with van der Waals surface area (Å²) in [6.45, 7) is 3.71. The smallest absolute Gasteiger partial charge is 0.260 e. The Morgan fingerprint density at radius 1 is 1.38 bits per heavy atom. The molecule has 1 aromatic rings. The molecule has 1 N–H and O–H groups in total. The summed E-state index contributed by atoms with van der Waals surface area (Å²) in [4.78, 5) is 4.16. The summed E-state index contributed by atoms with van der Waals surface area (Å²) in [6.07, 6.45) is 7.00. The lowest BCUT2D eigenvalue weighted by Gasteiger charge is -2.24. The van der Waals surface area contributed by atoms with E-state index in [-0.39, 0.29) is 5.03 Å². The highest BCUT2D eigenvalue weighted by Gasteiger charge is 2.27. The fourth-order valence-corrected chi connectivity index (χ4v) is 3.84. The van der Waals surface area contributed by atoms with E-state index >= 15 is 0 Å². The Hall–Kier alpha value is -1.24. The van der Waals surface area contributed by atoms with Crippen molar-refractivity contribution in [1.29, 1.82) is 0 Å². The lowest BCUT2D eigenvalue weighted by atomic mass is 10.2. The minimum absolute atomic E-state index is 0.146. The zero-order valence-electron chi connectivity index (χ0n) is 12.2. The first-order chi connectivity index (χ1) is 10.1. The molecule has 0 unspecified atom stereocenters. The Morgan fingerprint density at radius 2 is 2.19 bits per heavy atom. The maximum Gasteiger partial charge on any atom is 0.260 e. The Morgan fingerprint density at radius 3 is 2.81 bits per heavy atom. The van der Waals surface area contributed by atoms with Gasteiger partial charge in [0.25, 0.3) is 10.0 Å². The summed E-state index contributed by atoms with van der Waals surface area (Å²) in [5.41, 5.74) is 2.12. The number of rotatable bonds is 5. The molecule has 2 aliphatic rings. The molecule has 0 saturated heterocycles. The van der Waals surface area contributed by atoms with Gasteiger partial charge in [-0.05, 0) is 37.8 Å². The van der Waals surface area contributed by atoms with Gasteiger partial charge in [0.05, 0.1) is 0 Å². The molecule has 1 saturated carbocycles. The van der Waals surface area contributed by atoms with Gasteiger partial charge in [0.1, 0.15) is 0 Å². The van der Waals surface area contributed by atoms with Crippen LogP contribution in [0.15, 0.2) is 35.0 Å². The van der Waals surface area contributed by atoms with Crippen molar-refractivity contribution in [1.82, 2.24) is 14.6 Å². The van der Waals surface area contributed by atoms with Crippen molar-refractivity contribution in [3.05, 3.63) is 35.5 Å². The van der Waals surface area contributed by atoms with Gasteiger partial charge < -0.3 is 5.32 Å². The summed E-state index contributed by atoms with van der Waals surface area (Å²) in [6, 6.07) is 4.10. The van der Waals surface area contributed by atoms with E-state index in [1.165, 1.54) is 17.1 Å². The highest BCUT2D eigenvalue weighted by atomic mass is 32.2. The summed E-state index contributed by atoms with van der Waals surface area (Å²) in [7, 11) is -3.47. The highest BCUT2D eigenvalue weighted by Crippen LogP contribution is 2.21. The van der Waals surface area contributed by atoms with E-state index in [2.05, 4.69) is 16.4 Å². The van der Waals surface area contributed by atoms with Crippen LogP contribution in [0.3, 0.4) is 0 Å². The van der Waals surface area contributed by atoms with Crippen LogP contribution < -0.4 is 5.32 Å². The molecule has 3 rings (SSSR count). The Balaban J connectivity index is 1.71. The predicted octanol–water partition coefficient (Wildman–Crippen LogP) is 1.67. The molecular formula is C15H21N3O2S. The highest BCUT2D eigenvalue weighted by molar-refractivity contribution is 7.89. The summed E-state index contributed by atoms with van der Waals surface area (Å²) in [5.74, 6) is 0. The number of nitrogens with one attached hydrogen (secondary N) is 1. The van der Waals surface area contributed by atoms with E-state index in [0.29, 0.717) is 19.1 Å². The Kier molecular flexibility index (Phi) is 4.10. The molecule has 2 heterocycles. The Bertz CT molecular complexity index is 633. The largest absolute Gasteiger partial charge is 0.310 e. The zero-order valence-corrected chi connectivity index (χ0v) is 13.1. The average molecular weight is 307 g/mol. The molecule has 1 aliphatic heterocycles. The number of aromatic nitrogens is 1. The molecule has 0 aromatic carbocycles. The molecule has 0 amide bonds. The fourth-order valence-electron chi connectivity index (χ4n) is 2.43. The molecule has 1 fully saturated rings. The van der Waals surface area contributed by atoms with Gasteiger partial charge in [-0.25, -0.2) is 13.4 Å². The van der Waals surface area contributed by atoms with Crippen LogP contribution in [0, 0.1) is 0 Å². The van der Waals surface area contributed by atoms with Crippen LogP contribution >= 0.6 is 0 Å². The predicted molar refractivity (Wildman–Crippen MR) is 81.2 cm³/mol. The number of sulfonamides is 1. The van der Waals surface area contributed by atoms with Crippen LogP contribution in [0.4, 0.5) is 0 Å². The van der Waals surface area contributed by atoms with Gasteiger partial charge in [-0.15, -0.1) is 0 Å². The fraction of sp³-hybridized carbons (Fsp3) is 0.533. The maximum atomic E-state index is 12.5. The molecule has 0 atom stereocenters. The van der Waals surface area contributed by atoms with E-state index < -0.39 is 10.0 Å². The first-order valence-electron chi connectivity index (χ1n) is 7.40. The molecule has 0 bridgehead atoms. The molecule has 1 aromatic heterocycles. The zero-order chi connectivity index (χ0) is 14.9. The molecule has 5 nitrogen and oxygen atoms in total. The van der Waals surface area contributed by atoms with Crippen LogP contribution in [-0.2, 0) is 16.6 Å². The topological polar surface area (TPSA) is 62.3 Å². The average Bonchev–Trinajstić information content (AvgIpc) is 3.30. The van der Waals surface area contributed by atoms with Gasteiger partial charge in [0, 0.05) is 31.9 Å². The van der Waals surface area contributed by atoms with Crippen molar-refractivity contribution >= 4 is 10.0 Å². The van der Waals surface area contributed by atoms with Gasteiger partial charge in [-0.1, -0.05) is 17.7 Å². The molecule has 21 heavy (non-hydrogen) atoms. The third kappa shape index (κ3) is 3.51. The standard InChI is InChI=1S/C15H21N3O2S/c1-12-3-2-8-18(11-12)21(19,20)15-7-4-13(10-17-15)9-16-14-5-6-14/h3-4,7,10,14,16H,2,5-6,8-9,11H2,1H3. The number of hydrogen-bond donors (Lipinski definition) is 1. The second-order valence-corrected chi connectivity index (χ2v) is 7.72. The summed E-state index contributed by atoms with van der Waals surface area (Å²) >= 11 is 0. The van der Waals surface area contributed by atoms with Crippen LogP contribution in [0.25, 0.3) is 0 Å². The van der Waals surface area contributed by atoms with E-state index in [1.54, 1.807) is 12.3 Å². The van der Waals surface area contributed by atoms with Crippen molar-refractivity contribution in [2.24, 2.45) is 0 Å². The van der Waals surface area contributed by atoms with E-state index in [0.717, 1.165) is 24.1 Å². The van der Waals surface area contributed by atoms with Gasteiger partial charge in [-0.2, -0.15) is 4.31 Å². The first kappa shape index (κ1) is 14.7. The van der Waals surface area contributed by atoms with Crippen LogP contribution in [-0.4, -0.2) is 36.8 Å². The van der Waals surface area contributed by atoms with E-state index in [4.69, 9.17) is 0 Å². The minimum Gasteiger partial charge on any atom is -0.310 e. The van der Waals surface area contributed by atoms with Crippen molar-refractivity contribution in [2.75, 3.05) is 13.1 Å². The second-order valence-electron chi connectivity index (χ2n) is 5.84. The monoisotopic (exact) mass is 307 g/mol. The first-order valence-corrected chi connectivity index (χ1v) is 8.84. The molecule has 0 spiro atoms. The SMILES string of the molecule is CC1=CCCN(S(=O)(=O)c2ccc(CNC3CC3)cn2)C1. The molecule has 6 heteroatoms. The Labute approximate surface area is 126 Å². The van der Waals surface area contributed by atoms with Crippen molar-refractivity contribution < 1.29 is 8.42 Å². The van der Waals surface area contributed by atoms with Crippen molar-refractivity contribution in [3.8, 4) is 0 Å². The molecule has 1 aliphatic carbocycles. The third-order valence-corrected chi connectivity index (χ3v) is 5.63. The minimum atomic E-state index is -3.47. The van der Waals surface area contributed by atoms with Gasteiger partial charge in [0.2, 0.25) is 0 Å². The van der Waals surface area contributed by atoms with E-state index in [1.807, 2.05) is 13.0 Å². The maximum absolute atomic E-state index is 12.5. The molecule has 114 valence electrons. The summed E-state index contributed by atoms with van der Waals surface area (Å²) in [5, 5.41) is 3.54. The quantitative estimate of drug-likeness (QED) is 0.841. The van der Waals surface area contributed by atoms with Gasteiger partial charge in [-0.3, -0.25) is 0 Å². The van der Waals surface area contributed by atoms with Crippen molar-refractivity contribution in [2.45, 2.75) is 43.8 Å². The second kappa shape index (κ2) is 5.87. The van der Waals surface area contributed by atoms with Crippen LogP contribution in [0.1, 0.15) is 31.7 Å². The number of hydrogen-bond acceptors (Lipinski definition) is 4. The normalized spacial score (nSPS) is 20.3. The van der Waals surface area contributed by atoms with Gasteiger partial charge in [0.15, 0.2) is 5.03 Å². The lowest BCUT2D eigenvalue weighted by molar-refractivity contribution is 0.425. The number of pyridine rings is 1. The third-order valence-electron chi connectivity index (χ3n) is 3.87. The number of nitrogens with zero attached hydrogens (tertiary/aromatic N) is 2. The van der Waals surface area contributed by atoms with E-state index in [9.17, 15) is 8.42 Å². The molecular weight excluding hydrogens is 286 g/mol.